The quantitative estimate of drug-likeness (QED) is 0.535. The van der Waals surface area contributed by atoms with Crippen LogP contribution >= 0.6 is 0 Å². The molecule has 19 heavy (non-hydrogen) atoms. The predicted octanol–water partition coefficient (Wildman–Crippen LogP) is 2.90. The van der Waals surface area contributed by atoms with Crippen LogP contribution in [0, 0.1) is 0 Å². The first-order chi connectivity index (χ1) is 8.96. The Balaban J connectivity index is 3.73. The van der Waals surface area contributed by atoms with Crippen molar-refractivity contribution in [3.8, 4) is 0 Å². The molecule has 0 bridgehead atoms. The molecular weight excluding hydrogens is 244 g/mol. The molecule has 1 unspecified atom stereocenters. The van der Waals surface area contributed by atoms with Gasteiger partial charge in [-0.25, -0.2) is 9.59 Å². The van der Waals surface area contributed by atoms with E-state index in [1.54, 1.807) is 6.92 Å². The maximum Gasteiger partial charge on any atom is 0.329 e. The van der Waals surface area contributed by atoms with Crippen molar-refractivity contribution in [2.75, 3.05) is 6.54 Å². The van der Waals surface area contributed by atoms with Gasteiger partial charge in [-0.3, -0.25) is 0 Å². The zero-order chi connectivity index (χ0) is 14.7. The number of carbonyl (C=O) groups is 2. The molecule has 0 fully saturated rings. The van der Waals surface area contributed by atoms with Gasteiger partial charge < -0.3 is 15.7 Å². The third kappa shape index (κ3) is 7.70. The first-order valence-corrected chi connectivity index (χ1v) is 7.25. The van der Waals surface area contributed by atoms with Gasteiger partial charge >= 0.3 is 12.0 Å². The van der Waals surface area contributed by atoms with Crippen LogP contribution in [0.4, 0.5) is 4.79 Å². The third-order valence-electron chi connectivity index (χ3n) is 3.38. The van der Waals surface area contributed by atoms with Crippen molar-refractivity contribution in [3.63, 3.8) is 0 Å². The number of amides is 2. The Labute approximate surface area is 116 Å². The highest BCUT2D eigenvalue weighted by atomic mass is 16.4. The smallest absolute Gasteiger partial charge is 0.329 e. The highest BCUT2D eigenvalue weighted by molar-refractivity contribution is 5.85. The Hall–Kier alpha value is -1.26. The van der Waals surface area contributed by atoms with E-state index in [9.17, 15) is 9.59 Å². The Morgan fingerprint density at radius 2 is 1.63 bits per heavy atom. The summed E-state index contributed by atoms with van der Waals surface area (Å²) in [5, 5.41) is 14.2. The molecule has 0 spiro atoms. The lowest BCUT2D eigenvalue weighted by molar-refractivity contribution is -0.143. The van der Waals surface area contributed by atoms with Gasteiger partial charge in [0.2, 0.25) is 0 Å². The molecule has 0 saturated carbocycles. The fourth-order valence-electron chi connectivity index (χ4n) is 1.70. The van der Waals surface area contributed by atoms with Gasteiger partial charge in [-0.15, -0.1) is 0 Å². The maximum absolute atomic E-state index is 11.6. The van der Waals surface area contributed by atoms with Crippen molar-refractivity contribution >= 4 is 12.0 Å². The lowest BCUT2D eigenvalue weighted by Gasteiger charge is -2.24. The number of hydrogen-bond acceptors (Lipinski definition) is 2. The van der Waals surface area contributed by atoms with Gasteiger partial charge in [-0.2, -0.15) is 0 Å². The van der Waals surface area contributed by atoms with Crippen molar-refractivity contribution in [1.29, 1.82) is 0 Å². The lowest BCUT2D eigenvalue weighted by Crippen LogP contribution is -2.54. The predicted molar refractivity (Wildman–Crippen MR) is 76.2 cm³/mol. The van der Waals surface area contributed by atoms with E-state index in [4.69, 9.17) is 5.11 Å². The van der Waals surface area contributed by atoms with Crippen molar-refractivity contribution in [1.82, 2.24) is 10.6 Å². The van der Waals surface area contributed by atoms with Gasteiger partial charge in [-0.05, 0) is 19.8 Å². The molecule has 1 atom stereocenters. The molecule has 0 aromatic heterocycles. The Morgan fingerprint density at radius 3 is 2.16 bits per heavy atom. The van der Waals surface area contributed by atoms with Crippen LogP contribution in [-0.4, -0.2) is 29.2 Å². The second-order valence-electron chi connectivity index (χ2n) is 5.14. The zero-order valence-electron chi connectivity index (χ0n) is 12.4. The number of aliphatic carboxylic acids is 1. The van der Waals surface area contributed by atoms with Crippen LogP contribution in [-0.2, 0) is 4.79 Å². The number of carbonyl (C=O) groups excluding carboxylic acids is 1. The molecule has 0 heterocycles. The van der Waals surface area contributed by atoms with Crippen LogP contribution in [0.3, 0.4) is 0 Å². The number of urea groups is 1. The molecule has 0 radical (unpaired) electrons. The summed E-state index contributed by atoms with van der Waals surface area (Å²) in [7, 11) is 0. The topological polar surface area (TPSA) is 78.4 Å². The van der Waals surface area contributed by atoms with E-state index in [-0.39, 0.29) is 0 Å². The van der Waals surface area contributed by atoms with E-state index in [0.717, 1.165) is 12.8 Å². The first kappa shape index (κ1) is 17.7. The van der Waals surface area contributed by atoms with Gasteiger partial charge in [0.25, 0.3) is 0 Å². The average Bonchev–Trinajstić information content (AvgIpc) is 2.37. The van der Waals surface area contributed by atoms with E-state index >= 15 is 0 Å². The minimum Gasteiger partial charge on any atom is -0.480 e. The summed E-state index contributed by atoms with van der Waals surface area (Å²) in [4.78, 5) is 22.6. The summed E-state index contributed by atoms with van der Waals surface area (Å²) in [6, 6.07) is -0.402. The number of hydrogen-bond donors (Lipinski definition) is 3. The number of nitrogens with one attached hydrogen (secondary N) is 2. The van der Waals surface area contributed by atoms with Crippen LogP contribution in [0.15, 0.2) is 0 Å². The molecule has 0 rings (SSSR count). The molecular formula is C14H28N2O3. The molecule has 3 N–H and O–H groups in total. The van der Waals surface area contributed by atoms with Crippen LogP contribution in [0.2, 0.25) is 0 Å². The van der Waals surface area contributed by atoms with Crippen LogP contribution in [0.5, 0.6) is 0 Å². The van der Waals surface area contributed by atoms with Gasteiger partial charge in [0, 0.05) is 6.54 Å². The van der Waals surface area contributed by atoms with E-state index in [0.29, 0.717) is 13.0 Å². The van der Waals surface area contributed by atoms with E-state index in [1.165, 1.54) is 32.6 Å². The molecule has 0 aromatic carbocycles. The molecule has 0 aliphatic carbocycles. The number of carboxylic acid groups (broad SMARTS) is 1. The van der Waals surface area contributed by atoms with E-state index < -0.39 is 17.5 Å². The molecule has 5 heteroatoms. The van der Waals surface area contributed by atoms with Gasteiger partial charge in [0.05, 0.1) is 0 Å². The second-order valence-corrected chi connectivity index (χ2v) is 5.14. The van der Waals surface area contributed by atoms with Crippen molar-refractivity contribution in [2.45, 2.75) is 71.3 Å². The third-order valence-corrected chi connectivity index (χ3v) is 3.38. The normalized spacial score (nSPS) is 13.6. The van der Waals surface area contributed by atoms with Crippen LogP contribution in [0.1, 0.15) is 65.7 Å². The highest BCUT2D eigenvalue weighted by Crippen LogP contribution is 2.08. The largest absolute Gasteiger partial charge is 0.480 e. The standard InChI is InChI=1S/C14H28N2O3/c1-4-6-7-8-9-10-11-15-13(19)16-14(3,5-2)12(17)18/h4-11H2,1-3H3,(H,17,18)(H2,15,16,19). The van der Waals surface area contributed by atoms with Gasteiger partial charge in [0.15, 0.2) is 0 Å². The van der Waals surface area contributed by atoms with Crippen molar-refractivity contribution in [2.24, 2.45) is 0 Å². The van der Waals surface area contributed by atoms with E-state index in [1.807, 2.05) is 0 Å². The number of rotatable bonds is 10. The number of unbranched alkanes of at least 4 members (excludes halogenated alkanes) is 5. The summed E-state index contributed by atoms with van der Waals surface area (Å²) >= 11 is 0. The van der Waals surface area contributed by atoms with Crippen LogP contribution < -0.4 is 10.6 Å². The SMILES string of the molecule is CCCCCCCCNC(=O)NC(C)(CC)C(=O)O. The lowest BCUT2D eigenvalue weighted by atomic mass is 10.00. The van der Waals surface area contributed by atoms with Gasteiger partial charge in [-0.1, -0.05) is 46.0 Å². The minimum atomic E-state index is -1.19. The summed E-state index contributed by atoms with van der Waals surface area (Å²) in [6.45, 7) is 6.03. The Morgan fingerprint density at radius 1 is 1.05 bits per heavy atom. The molecule has 0 saturated heterocycles. The molecule has 0 aliphatic heterocycles. The molecule has 5 nitrogen and oxygen atoms in total. The maximum atomic E-state index is 11.6. The summed E-state index contributed by atoms with van der Waals surface area (Å²) in [5.41, 5.74) is -1.19. The molecule has 112 valence electrons. The van der Waals surface area contributed by atoms with Crippen molar-refractivity contribution < 1.29 is 14.7 Å². The second kappa shape index (κ2) is 9.64. The average molecular weight is 272 g/mol. The fourth-order valence-corrected chi connectivity index (χ4v) is 1.70. The van der Waals surface area contributed by atoms with E-state index in [2.05, 4.69) is 17.6 Å². The zero-order valence-corrected chi connectivity index (χ0v) is 12.4. The number of carboxylic acids is 1. The monoisotopic (exact) mass is 272 g/mol. The van der Waals surface area contributed by atoms with Crippen molar-refractivity contribution in [3.05, 3.63) is 0 Å². The fraction of sp³-hybridized carbons (Fsp3) is 0.857. The molecule has 0 aliphatic rings. The highest BCUT2D eigenvalue weighted by Gasteiger charge is 2.32. The Bertz CT molecular complexity index is 282. The first-order valence-electron chi connectivity index (χ1n) is 7.25. The van der Waals surface area contributed by atoms with Gasteiger partial charge in [0.1, 0.15) is 5.54 Å². The summed E-state index contributed by atoms with van der Waals surface area (Å²) < 4.78 is 0. The molecule has 2 amide bonds. The minimum absolute atomic E-state index is 0.354. The summed E-state index contributed by atoms with van der Waals surface area (Å²) in [6.07, 6.45) is 7.32. The molecule has 0 aromatic rings. The Kier molecular flexibility index (Phi) is 9.00. The van der Waals surface area contributed by atoms with Crippen LogP contribution in [0.25, 0.3) is 0 Å². The summed E-state index contributed by atoms with van der Waals surface area (Å²) in [5.74, 6) is -1.01.